The molecule has 0 aromatic heterocycles. The first-order chi connectivity index (χ1) is 13.3. The van der Waals surface area contributed by atoms with Crippen molar-refractivity contribution in [1.29, 1.82) is 5.26 Å². The van der Waals surface area contributed by atoms with Crippen LogP contribution in [0.5, 0.6) is 5.75 Å². The van der Waals surface area contributed by atoms with Crippen LogP contribution in [0, 0.1) is 11.3 Å². The molecule has 1 amide bonds. The van der Waals surface area contributed by atoms with Crippen molar-refractivity contribution in [3.05, 3.63) is 62.6 Å². The molecule has 0 aliphatic rings. The van der Waals surface area contributed by atoms with Crippen molar-refractivity contribution in [2.24, 2.45) is 0 Å². The molecule has 0 radical (unpaired) electrons. The number of methoxy groups -OCH3 is 1. The summed E-state index contributed by atoms with van der Waals surface area (Å²) < 4.78 is 9.91. The monoisotopic (exact) mass is 438 g/mol. The fourth-order valence-electron chi connectivity index (χ4n) is 2.05. The molecule has 28 heavy (non-hydrogen) atoms. The van der Waals surface area contributed by atoms with Gasteiger partial charge in [-0.25, -0.2) is 4.79 Å². The van der Waals surface area contributed by atoms with Crippen LogP contribution < -0.4 is 10.1 Å². The molecule has 0 atom stereocenters. The van der Waals surface area contributed by atoms with Crippen LogP contribution in [-0.2, 0) is 14.3 Å². The molecule has 0 bridgehead atoms. The van der Waals surface area contributed by atoms with Gasteiger partial charge >= 0.3 is 5.97 Å². The molecule has 2 rings (SSSR count). The summed E-state index contributed by atoms with van der Waals surface area (Å²) >= 11 is 17.7. The first kappa shape index (κ1) is 21.6. The molecule has 2 aromatic rings. The standard InChI is InChI=1S/C19H13Cl3N2O4/c1-27-14-4-2-11(3-5-14)6-12(9-23)19(26)28-10-17(25)24-18-15(21)7-13(20)8-16(18)22/h2-8H,10H2,1H3,(H,24,25). The topological polar surface area (TPSA) is 88.4 Å². The van der Waals surface area contributed by atoms with Crippen molar-refractivity contribution in [2.45, 2.75) is 0 Å². The lowest BCUT2D eigenvalue weighted by atomic mass is 10.1. The lowest BCUT2D eigenvalue weighted by Crippen LogP contribution is -2.21. The maximum atomic E-state index is 12.0. The highest BCUT2D eigenvalue weighted by Gasteiger charge is 2.15. The van der Waals surface area contributed by atoms with E-state index in [1.807, 2.05) is 0 Å². The Balaban J connectivity index is 2.00. The SMILES string of the molecule is COc1ccc(C=C(C#N)C(=O)OCC(=O)Nc2c(Cl)cc(Cl)cc2Cl)cc1. The molecule has 0 spiro atoms. The average molecular weight is 440 g/mol. The maximum absolute atomic E-state index is 12.0. The Bertz CT molecular complexity index is 943. The van der Waals surface area contributed by atoms with E-state index in [4.69, 9.17) is 49.5 Å². The lowest BCUT2D eigenvalue weighted by Gasteiger charge is -2.10. The highest BCUT2D eigenvalue weighted by Crippen LogP contribution is 2.33. The summed E-state index contributed by atoms with van der Waals surface area (Å²) in [5.41, 5.74) is 0.474. The van der Waals surface area contributed by atoms with Gasteiger partial charge in [0.05, 0.1) is 22.8 Å². The zero-order valence-electron chi connectivity index (χ0n) is 14.5. The van der Waals surface area contributed by atoms with Crippen molar-refractivity contribution in [3.8, 4) is 11.8 Å². The van der Waals surface area contributed by atoms with E-state index in [2.05, 4.69) is 5.32 Å². The number of nitriles is 1. The molecule has 144 valence electrons. The molecule has 2 aromatic carbocycles. The Labute approximate surface area is 176 Å². The van der Waals surface area contributed by atoms with Gasteiger partial charge < -0.3 is 14.8 Å². The van der Waals surface area contributed by atoms with Gasteiger partial charge in [-0.2, -0.15) is 5.26 Å². The second kappa shape index (κ2) is 10.00. The van der Waals surface area contributed by atoms with Crippen LogP contribution >= 0.6 is 34.8 Å². The number of nitrogens with zero attached hydrogens (tertiary/aromatic N) is 1. The Kier molecular flexibility index (Phi) is 7.70. The van der Waals surface area contributed by atoms with Crippen LogP contribution in [0.2, 0.25) is 15.1 Å². The van der Waals surface area contributed by atoms with Crippen LogP contribution in [0.15, 0.2) is 42.0 Å². The van der Waals surface area contributed by atoms with Crippen LogP contribution in [-0.4, -0.2) is 25.6 Å². The van der Waals surface area contributed by atoms with Gasteiger partial charge in [0.25, 0.3) is 5.91 Å². The summed E-state index contributed by atoms with van der Waals surface area (Å²) in [6.07, 6.45) is 1.34. The van der Waals surface area contributed by atoms with Gasteiger partial charge in [0.2, 0.25) is 0 Å². The summed E-state index contributed by atoms with van der Waals surface area (Å²) in [7, 11) is 1.53. The number of hydrogen-bond donors (Lipinski definition) is 1. The highest BCUT2D eigenvalue weighted by molar-refractivity contribution is 6.42. The van der Waals surface area contributed by atoms with Crippen LogP contribution in [0.4, 0.5) is 5.69 Å². The number of carbonyl (C=O) groups is 2. The van der Waals surface area contributed by atoms with Crippen molar-refractivity contribution in [3.63, 3.8) is 0 Å². The number of anilines is 1. The normalized spacial score (nSPS) is 10.8. The van der Waals surface area contributed by atoms with E-state index in [-0.39, 0.29) is 21.3 Å². The van der Waals surface area contributed by atoms with Crippen molar-refractivity contribution < 1.29 is 19.1 Å². The van der Waals surface area contributed by atoms with Crippen LogP contribution in [0.25, 0.3) is 6.08 Å². The first-order valence-electron chi connectivity index (χ1n) is 7.71. The van der Waals surface area contributed by atoms with E-state index < -0.39 is 18.5 Å². The largest absolute Gasteiger partial charge is 0.497 e. The van der Waals surface area contributed by atoms with Crippen LogP contribution in [0.1, 0.15) is 5.56 Å². The van der Waals surface area contributed by atoms with Gasteiger partial charge in [-0.3, -0.25) is 4.79 Å². The number of esters is 1. The number of ether oxygens (including phenoxy) is 2. The number of nitrogens with one attached hydrogen (secondary N) is 1. The summed E-state index contributed by atoms with van der Waals surface area (Å²) in [6.45, 7) is -0.629. The predicted molar refractivity (Wildman–Crippen MR) is 108 cm³/mol. The molecule has 9 heteroatoms. The summed E-state index contributed by atoms with van der Waals surface area (Å²) in [5.74, 6) is -0.989. The molecule has 1 N–H and O–H groups in total. The van der Waals surface area contributed by atoms with E-state index in [1.54, 1.807) is 30.3 Å². The van der Waals surface area contributed by atoms with Gasteiger partial charge in [-0.05, 0) is 35.9 Å². The Hall–Kier alpha value is -2.72. The molecule has 0 aliphatic carbocycles. The van der Waals surface area contributed by atoms with E-state index in [1.165, 1.54) is 25.3 Å². The smallest absolute Gasteiger partial charge is 0.349 e. The Morgan fingerprint density at radius 2 is 1.75 bits per heavy atom. The van der Waals surface area contributed by atoms with E-state index in [0.29, 0.717) is 16.3 Å². The maximum Gasteiger partial charge on any atom is 0.349 e. The highest BCUT2D eigenvalue weighted by atomic mass is 35.5. The predicted octanol–water partition coefficient (Wildman–Crippen LogP) is 4.74. The number of benzene rings is 2. The third-order valence-corrected chi connectivity index (χ3v) is 4.19. The number of hydrogen-bond acceptors (Lipinski definition) is 5. The second-order valence-corrected chi connectivity index (χ2v) is 6.56. The average Bonchev–Trinajstić information content (AvgIpc) is 2.67. The quantitative estimate of drug-likeness (QED) is 0.399. The van der Waals surface area contributed by atoms with E-state index in [0.717, 1.165) is 0 Å². The fraction of sp³-hybridized carbons (Fsp3) is 0.105. The minimum atomic E-state index is -0.943. The summed E-state index contributed by atoms with van der Waals surface area (Å²) in [4.78, 5) is 24.0. The van der Waals surface area contributed by atoms with Gasteiger partial charge in [0, 0.05) is 5.02 Å². The van der Waals surface area contributed by atoms with Crippen molar-refractivity contribution in [2.75, 3.05) is 19.0 Å². The van der Waals surface area contributed by atoms with E-state index >= 15 is 0 Å². The zero-order valence-corrected chi connectivity index (χ0v) is 16.7. The van der Waals surface area contributed by atoms with Crippen molar-refractivity contribution in [1.82, 2.24) is 0 Å². The van der Waals surface area contributed by atoms with Gasteiger partial charge in [-0.1, -0.05) is 46.9 Å². The molecule has 0 saturated carbocycles. The second-order valence-electron chi connectivity index (χ2n) is 5.31. The molecule has 6 nitrogen and oxygen atoms in total. The molecular formula is C19H13Cl3N2O4. The molecule has 0 saturated heterocycles. The van der Waals surface area contributed by atoms with Crippen molar-refractivity contribution >= 4 is 58.4 Å². The van der Waals surface area contributed by atoms with Gasteiger partial charge in [-0.15, -0.1) is 0 Å². The van der Waals surface area contributed by atoms with Gasteiger partial charge in [0.1, 0.15) is 17.4 Å². The van der Waals surface area contributed by atoms with Crippen LogP contribution in [0.3, 0.4) is 0 Å². The Morgan fingerprint density at radius 3 is 2.29 bits per heavy atom. The van der Waals surface area contributed by atoms with Gasteiger partial charge in [0.15, 0.2) is 6.61 Å². The molecule has 0 heterocycles. The van der Waals surface area contributed by atoms with E-state index in [9.17, 15) is 9.59 Å². The number of rotatable bonds is 6. The molecule has 0 fully saturated rings. The number of amides is 1. The Morgan fingerprint density at radius 1 is 1.14 bits per heavy atom. The summed E-state index contributed by atoms with van der Waals surface area (Å²) in [5, 5.41) is 12.2. The minimum absolute atomic E-state index is 0.134. The third kappa shape index (κ3) is 5.89. The number of halogens is 3. The lowest BCUT2D eigenvalue weighted by molar-refractivity contribution is -0.142. The molecular weight excluding hydrogens is 427 g/mol. The zero-order chi connectivity index (χ0) is 20.7. The third-order valence-electron chi connectivity index (χ3n) is 3.37. The molecule has 0 unspecified atom stereocenters. The molecule has 0 aliphatic heterocycles. The fourth-order valence-corrected chi connectivity index (χ4v) is 2.96. The summed E-state index contributed by atoms with van der Waals surface area (Å²) in [6, 6.07) is 11.2. The first-order valence-corrected chi connectivity index (χ1v) is 8.84. The number of carbonyl (C=O) groups excluding carboxylic acids is 2. The minimum Gasteiger partial charge on any atom is -0.497 e.